The Labute approximate surface area is 187 Å². The number of hydrogen-bond donors (Lipinski definition) is 0. The van der Waals surface area contributed by atoms with Crippen molar-refractivity contribution in [2.24, 2.45) is 0 Å². The van der Waals surface area contributed by atoms with Gasteiger partial charge in [0.1, 0.15) is 11.5 Å². The number of halogens is 4. The van der Waals surface area contributed by atoms with E-state index in [9.17, 15) is 27.2 Å². The van der Waals surface area contributed by atoms with Gasteiger partial charge in [0.05, 0.1) is 16.8 Å². The van der Waals surface area contributed by atoms with E-state index in [-0.39, 0.29) is 23.5 Å². The van der Waals surface area contributed by atoms with Gasteiger partial charge in [-0.25, -0.2) is 9.29 Å². The van der Waals surface area contributed by atoms with E-state index in [2.05, 4.69) is 0 Å². The van der Waals surface area contributed by atoms with Crippen LogP contribution in [0.4, 0.5) is 23.2 Å². The molecule has 2 amide bonds. The monoisotopic (exact) mass is 454 g/mol. The molecule has 0 aliphatic carbocycles. The first-order valence-electron chi connectivity index (χ1n) is 9.98. The summed E-state index contributed by atoms with van der Waals surface area (Å²) in [6, 6.07) is 18.3. The molecule has 0 saturated carbocycles. The third-order valence-corrected chi connectivity index (χ3v) is 5.27. The minimum Gasteiger partial charge on any atom is -0.365 e. The van der Waals surface area contributed by atoms with Crippen molar-refractivity contribution >= 4 is 23.1 Å². The molecule has 1 aliphatic rings. The molecule has 0 aromatic heterocycles. The second-order valence-corrected chi connectivity index (χ2v) is 7.57. The van der Waals surface area contributed by atoms with E-state index in [0.29, 0.717) is 5.56 Å². The van der Waals surface area contributed by atoms with E-state index >= 15 is 0 Å². The Kier molecular flexibility index (Phi) is 5.76. The van der Waals surface area contributed by atoms with Gasteiger partial charge in [-0.15, -0.1) is 0 Å². The minimum absolute atomic E-state index is 0.00385. The fraction of sp³-hybridized carbons (Fsp3) is 0.120. The SMILES string of the molecule is CN(Cc1ccccc1)C1=C(c2ccc(F)cc2)C(=O)N(c2cccc(C(F)(F)F)c2)C1=O. The molecule has 168 valence electrons. The van der Waals surface area contributed by atoms with Crippen LogP contribution in [0.2, 0.25) is 0 Å². The van der Waals surface area contributed by atoms with Crippen molar-refractivity contribution in [2.45, 2.75) is 12.7 Å². The van der Waals surface area contributed by atoms with E-state index in [4.69, 9.17) is 0 Å². The molecular formula is C25H18F4N2O2. The molecule has 8 heteroatoms. The molecular weight excluding hydrogens is 436 g/mol. The highest BCUT2D eigenvalue weighted by Crippen LogP contribution is 2.37. The molecule has 4 rings (SSSR count). The second kappa shape index (κ2) is 8.54. The zero-order valence-corrected chi connectivity index (χ0v) is 17.4. The summed E-state index contributed by atoms with van der Waals surface area (Å²) in [5.74, 6) is -2.05. The van der Waals surface area contributed by atoms with Crippen molar-refractivity contribution in [3.05, 3.63) is 107 Å². The zero-order chi connectivity index (χ0) is 23.8. The Hall–Kier alpha value is -3.94. The third kappa shape index (κ3) is 4.37. The van der Waals surface area contributed by atoms with Crippen molar-refractivity contribution in [3.63, 3.8) is 0 Å². The molecule has 3 aromatic carbocycles. The molecule has 1 aliphatic heterocycles. The maximum atomic E-state index is 13.5. The minimum atomic E-state index is -4.64. The molecule has 0 N–H and O–H groups in total. The Morgan fingerprint density at radius 2 is 1.52 bits per heavy atom. The normalized spacial score (nSPS) is 14.3. The van der Waals surface area contributed by atoms with Gasteiger partial charge in [0.2, 0.25) is 0 Å². The first-order chi connectivity index (χ1) is 15.7. The highest BCUT2D eigenvalue weighted by molar-refractivity contribution is 6.45. The van der Waals surface area contributed by atoms with Crippen LogP contribution in [0.3, 0.4) is 0 Å². The fourth-order valence-electron chi connectivity index (χ4n) is 3.74. The van der Waals surface area contributed by atoms with E-state index in [1.54, 1.807) is 11.9 Å². The van der Waals surface area contributed by atoms with Gasteiger partial charge in [-0.05, 0) is 41.5 Å². The number of carbonyl (C=O) groups is 2. The molecule has 0 unspecified atom stereocenters. The van der Waals surface area contributed by atoms with Gasteiger partial charge < -0.3 is 4.90 Å². The number of anilines is 1. The summed E-state index contributed by atoms with van der Waals surface area (Å²) in [5, 5.41) is 0. The van der Waals surface area contributed by atoms with Crippen LogP contribution >= 0.6 is 0 Å². The maximum Gasteiger partial charge on any atom is 0.416 e. The number of imide groups is 1. The van der Waals surface area contributed by atoms with Gasteiger partial charge in [0.25, 0.3) is 11.8 Å². The van der Waals surface area contributed by atoms with Gasteiger partial charge in [-0.2, -0.15) is 13.2 Å². The van der Waals surface area contributed by atoms with E-state index in [0.717, 1.165) is 40.8 Å². The zero-order valence-electron chi connectivity index (χ0n) is 17.4. The first kappa shape index (κ1) is 22.3. The van der Waals surface area contributed by atoms with Crippen LogP contribution < -0.4 is 4.90 Å². The van der Waals surface area contributed by atoms with Crippen molar-refractivity contribution in [3.8, 4) is 0 Å². The molecule has 0 bridgehead atoms. The summed E-state index contributed by atoms with van der Waals surface area (Å²) >= 11 is 0. The summed E-state index contributed by atoms with van der Waals surface area (Å²) in [4.78, 5) is 29.1. The fourth-order valence-corrected chi connectivity index (χ4v) is 3.74. The molecule has 4 nitrogen and oxygen atoms in total. The molecule has 0 saturated heterocycles. The standard InChI is InChI=1S/C25H18F4N2O2/c1-30(15-16-6-3-2-4-7-16)22-21(17-10-12-19(26)13-11-17)23(32)31(24(22)33)20-9-5-8-18(14-20)25(27,28)29/h2-14H,15H2,1H3. The van der Waals surface area contributed by atoms with Crippen molar-refractivity contribution in [1.82, 2.24) is 4.90 Å². The number of carbonyl (C=O) groups excluding carboxylic acids is 2. The summed E-state index contributed by atoms with van der Waals surface area (Å²) < 4.78 is 53.2. The van der Waals surface area contributed by atoms with Crippen molar-refractivity contribution in [2.75, 3.05) is 11.9 Å². The van der Waals surface area contributed by atoms with E-state index in [1.807, 2.05) is 30.3 Å². The number of hydrogen-bond acceptors (Lipinski definition) is 3. The number of likely N-dealkylation sites (N-methyl/N-ethyl adjacent to an activating group) is 1. The van der Waals surface area contributed by atoms with Crippen LogP contribution in [-0.2, 0) is 22.3 Å². The van der Waals surface area contributed by atoms with E-state index in [1.165, 1.54) is 18.2 Å². The third-order valence-electron chi connectivity index (χ3n) is 5.27. The Balaban J connectivity index is 1.80. The Morgan fingerprint density at radius 1 is 0.848 bits per heavy atom. The van der Waals surface area contributed by atoms with Crippen molar-refractivity contribution < 1.29 is 27.2 Å². The van der Waals surface area contributed by atoms with Gasteiger partial charge in [-0.3, -0.25) is 9.59 Å². The number of rotatable bonds is 5. The highest BCUT2D eigenvalue weighted by Gasteiger charge is 2.42. The lowest BCUT2D eigenvalue weighted by molar-refractivity contribution is -0.137. The molecule has 0 atom stereocenters. The summed E-state index contributed by atoms with van der Waals surface area (Å²) in [5.41, 5.74) is 0.00384. The number of amides is 2. The maximum absolute atomic E-state index is 13.5. The Morgan fingerprint density at radius 3 is 2.15 bits per heavy atom. The molecule has 0 spiro atoms. The van der Waals surface area contributed by atoms with Crippen LogP contribution in [-0.4, -0.2) is 23.8 Å². The predicted octanol–water partition coefficient (Wildman–Crippen LogP) is 5.26. The van der Waals surface area contributed by atoms with E-state index < -0.39 is 29.4 Å². The van der Waals surface area contributed by atoms with Gasteiger partial charge >= 0.3 is 6.18 Å². The second-order valence-electron chi connectivity index (χ2n) is 7.57. The summed E-state index contributed by atoms with van der Waals surface area (Å²) in [6.07, 6.45) is -4.64. The molecule has 0 radical (unpaired) electrons. The molecule has 33 heavy (non-hydrogen) atoms. The first-order valence-corrected chi connectivity index (χ1v) is 9.98. The van der Waals surface area contributed by atoms with Crippen LogP contribution in [0.1, 0.15) is 16.7 Å². The number of alkyl halides is 3. The quantitative estimate of drug-likeness (QED) is 0.390. The van der Waals surface area contributed by atoms with Crippen LogP contribution in [0.15, 0.2) is 84.6 Å². The lowest BCUT2D eigenvalue weighted by Crippen LogP contribution is -2.34. The van der Waals surface area contributed by atoms with Crippen LogP contribution in [0.5, 0.6) is 0 Å². The predicted molar refractivity (Wildman–Crippen MR) is 115 cm³/mol. The lowest BCUT2D eigenvalue weighted by atomic mass is 10.0. The average Bonchev–Trinajstić information content (AvgIpc) is 3.04. The van der Waals surface area contributed by atoms with Crippen LogP contribution in [0, 0.1) is 5.82 Å². The molecule has 0 fully saturated rings. The average molecular weight is 454 g/mol. The Bertz CT molecular complexity index is 1240. The van der Waals surface area contributed by atoms with Gasteiger partial charge in [0.15, 0.2) is 0 Å². The summed E-state index contributed by atoms with van der Waals surface area (Å²) in [7, 11) is 1.62. The molecule has 1 heterocycles. The van der Waals surface area contributed by atoms with Crippen molar-refractivity contribution in [1.29, 1.82) is 0 Å². The lowest BCUT2D eigenvalue weighted by Gasteiger charge is -2.22. The highest BCUT2D eigenvalue weighted by atomic mass is 19.4. The van der Waals surface area contributed by atoms with Gasteiger partial charge in [0, 0.05) is 13.6 Å². The topological polar surface area (TPSA) is 40.6 Å². The molecule has 3 aromatic rings. The number of benzene rings is 3. The van der Waals surface area contributed by atoms with Gasteiger partial charge in [-0.1, -0.05) is 48.5 Å². The summed E-state index contributed by atoms with van der Waals surface area (Å²) in [6.45, 7) is 0.274. The number of nitrogens with zero attached hydrogens (tertiary/aromatic N) is 2. The van der Waals surface area contributed by atoms with Crippen LogP contribution in [0.25, 0.3) is 5.57 Å². The smallest absolute Gasteiger partial charge is 0.365 e. The largest absolute Gasteiger partial charge is 0.416 e.